The molecule has 0 aromatic rings. The Morgan fingerprint density at radius 3 is 2.58 bits per heavy atom. The van der Waals surface area contributed by atoms with Crippen molar-refractivity contribution in [3.8, 4) is 6.19 Å². The van der Waals surface area contributed by atoms with Crippen LogP contribution in [-0.4, -0.2) is 18.0 Å². The highest BCUT2D eigenvalue weighted by atomic mass is 15.1. The lowest BCUT2D eigenvalue weighted by atomic mass is 10.2. The standard InChI is InChI=1S/C10H16N2/c1-4-7-10(5-2)8-12(6-3)9-11/h5,7H,2,4,6,8H2,1,3H3/b10-7+. The summed E-state index contributed by atoms with van der Waals surface area (Å²) in [5.74, 6) is 0. The van der Waals surface area contributed by atoms with E-state index in [1.54, 1.807) is 4.90 Å². The summed E-state index contributed by atoms with van der Waals surface area (Å²) in [6.45, 7) is 9.18. The molecule has 0 aromatic heterocycles. The van der Waals surface area contributed by atoms with Gasteiger partial charge in [-0.15, -0.1) is 0 Å². The van der Waals surface area contributed by atoms with Crippen molar-refractivity contribution in [3.63, 3.8) is 0 Å². The average molecular weight is 164 g/mol. The van der Waals surface area contributed by atoms with Crippen LogP contribution in [0.1, 0.15) is 20.3 Å². The number of likely N-dealkylation sites (N-methyl/N-ethyl adjacent to an activating group) is 1. The van der Waals surface area contributed by atoms with Gasteiger partial charge in [0.2, 0.25) is 0 Å². The fourth-order valence-electron chi connectivity index (χ4n) is 0.913. The largest absolute Gasteiger partial charge is 0.307 e. The van der Waals surface area contributed by atoms with Gasteiger partial charge in [0.15, 0.2) is 6.19 Å². The molecule has 12 heavy (non-hydrogen) atoms. The molecule has 0 aliphatic carbocycles. The monoisotopic (exact) mass is 164 g/mol. The van der Waals surface area contributed by atoms with Crippen LogP contribution in [0.2, 0.25) is 0 Å². The Hall–Kier alpha value is -1.23. The first kappa shape index (κ1) is 10.8. The van der Waals surface area contributed by atoms with Gasteiger partial charge in [-0.1, -0.05) is 25.7 Å². The van der Waals surface area contributed by atoms with Crippen LogP contribution >= 0.6 is 0 Å². The maximum atomic E-state index is 8.65. The third-order valence-electron chi connectivity index (χ3n) is 1.63. The Balaban J connectivity index is 4.11. The van der Waals surface area contributed by atoms with Crippen LogP contribution in [0.15, 0.2) is 24.3 Å². The van der Waals surface area contributed by atoms with Crippen molar-refractivity contribution in [1.29, 1.82) is 5.26 Å². The average Bonchev–Trinajstić information content (AvgIpc) is 2.12. The lowest BCUT2D eigenvalue weighted by Crippen LogP contribution is -2.19. The molecular formula is C10H16N2. The van der Waals surface area contributed by atoms with Crippen molar-refractivity contribution in [1.82, 2.24) is 4.90 Å². The van der Waals surface area contributed by atoms with Crippen LogP contribution in [0.4, 0.5) is 0 Å². The van der Waals surface area contributed by atoms with Crippen LogP contribution in [0.3, 0.4) is 0 Å². The third-order valence-corrected chi connectivity index (χ3v) is 1.63. The summed E-state index contributed by atoms with van der Waals surface area (Å²) in [6.07, 6.45) is 7.01. The molecule has 0 amide bonds. The number of nitrogens with zero attached hydrogens (tertiary/aromatic N) is 2. The van der Waals surface area contributed by atoms with Gasteiger partial charge in [-0.2, -0.15) is 5.26 Å². The van der Waals surface area contributed by atoms with Crippen molar-refractivity contribution in [2.24, 2.45) is 0 Å². The summed E-state index contributed by atoms with van der Waals surface area (Å²) in [5.41, 5.74) is 1.13. The van der Waals surface area contributed by atoms with E-state index in [1.165, 1.54) is 0 Å². The minimum Gasteiger partial charge on any atom is -0.307 e. The summed E-state index contributed by atoms with van der Waals surface area (Å²) in [5, 5.41) is 8.65. The van der Waals surface area contributed by atoms with E-state index in [0.29, 0.717) is 6.54 Å². The molecular weight excluding hydrogens is 148 g/mol. The molecule has 2 heteroatoms. The van der Waals surface area contributed by atoms with Crippen molar-refractivity contribution >= 4 is 0 Å². The Kier molecular flexibility index (Phi) is 5.81. The van der Waals surface area contributed by atoms with Crippen molar-refractivity contribution in [2.45, 2.75) is 20.3 Å². The van der Waals surface area contributed by atoms with Gasteiger partial charge in [0.05, 0.1) is 6.54 Å². The molecule has 0 radical (unpaired) electrons. The maximum Gasteiger partial charge on any atom is 0.179 e. The van der Waals surface area contributed by atoms with Gasteiger partial charge in [0.1, 0.15) is 0 Å². The van der Waals surface area contributed by atoms with Gasteiger partial charge < -0.3 is 4.90 Å². The van der Waals surface area contributed by atoms with E-state index in [1.807, 2.05) is 13.0 Å². The van der Waals surface area contributed by atoms with Crippen LogP contribution in [0.5, 0.6) is 0 Å². The molecule has 0 rings (SSSR count). The van der Waals surface area contributed by atoms with Crippen LogP contribution in [0.25, 0.3) is 0 Å². The first-order chi connectivity index (χ1) is 5.78. The van der Waals surface area contributed by atoms with E-state index in [0.717, 1.165) is 18.5 Å². The molecule has 2 nitrogen and oxygen atoms in total. The highest BCUT2D eigenvalue weighted by Crippen LogP contribution is 2.00. The summed E-state index contributed by atoms with van der Waals surface area (Å²) in [6, 6.07) is 0. The zero-order chi connectivity index (χ0) is 9.40. The van der Waals surface area contributed by atoms with Crippen molar-refractivity contribution in [2.75, 3.05) is 13.1 Å². The Morgan fingerprint density at radius 1 is 1.58 bits per heavy atom. The van der Waals surface area contributed by atoms with E-state index in [-0.39, 0.29) is 0 Å². The Labute approximate surface area is 74.8 Å². The fraction of sp³-hybridized carbons (Fsp3) is 0.500. The van der Waals surface area contributed by atoms with Gasteiger partial charge in [0, 0.05) is 6.54 Å². The summed E-state index contributed by atoms with van der Waals surface area (Å²) in [4.78, 5) is 1.70. The van der Waals surface area contributed by atoms with E-state index in [9.17, 15) is 0 Å². The zero-order valence-electron chi connectivity index (χ0n) is 7.88. The lowest BCUT2D eigenvalue weighted by molar-refractivity contribution is 0.450. The van der Waals surface area contributed by atoms with Gasteiger partial charge in [-0.25, -0.2) is 0 Å². The molecule has 66 valence electrons. The predicted molar refractivity (Wildman–Crippen MR) is 51.4 cm³/mol. The molecule has 0 N–H and O–H groups in total. The molecule has 0 unspecified atom stereocenters. The highest BCUT2D eigenvalue weighted by molar-refractivity contribution is 5.18. The molecule has 0 aromatic carbocycles. The molecule has 0 heterocycles. The van der Waals surface area contributed by atoms with Crippen LogP contribution < -0.4 is 0 Å². The Morgan fingerprint density at radius 2 is 2.25 bits per heavy atom. The summed E-state index contributed by atoms with van der Waals surface area (Å²) < 4.78 is 0. The molecule has 0 bridgehead atoms. The molecule has 0 saturated heterocycles. The van der Waals surface area contributed by atoms with Gasteiger partial charge in [0.25, 0.3) is 0 Å². The third kappa shape index (κ3) is 3.82. The fourth-order valence-corrected chi connectivity index (χ4v) is 0.913. The summed E-state index contributed by atoms with van der Waals surface area (Å²) >= 11 is 0. The zero-order valence-corrected chi connectivity index (χ0v) is 7.88. The second-order valence-corrected chi connectivity index (χ2v) is 2.51. The van der Waals surface area contributed by atoms with Crippen molar-refractivity contribution < 1.29 is 0 Å². The number of nitriles is 1. The number of hydrogen-bond donors (Lipinski definition) is 0. The molecule has 0 saturated carbocycles. The minimum atomic E-state index is 0.685. The van der Waals surface area contributed by atoms with Crippen LogP contribution in [-0.2, 0) is 0 Å². The van der Waals surface area contributed by atoms with Crippen LogP contribution in [0, 0.1) is 11.5 Å². The normalized spacial score (nSPS) is 10.6. The first-order valence-electron chi connectivity index (χ1n) is 4.24. The number of allylic oxidation sites excluding steroid dienone is 1. The minimum absolute atomic E-state index is 0.685. The smallest absolute Gasteiger partial charge is 0.179 e. The van der Waals surface area contributed by atoms with Gasteiger partial charge in [-0.05, 0) is 18.9 Å². The van der Waals surface area contributed by atoms with E-state index in [4.69, 9.17) is 5.26 Å². The van der Waals surface area contributed by atoms with E-state index >= 15 is 0 Å². The highest BCUT2D eigenvalue weighted by Gasteiger charge is 1.98. The quantitative estimate of drug-likeness (QED) is 0.354. The Bertz CT molecular complexity index is 198. The SMILES string of the molecule is C=C/C(=C\CC)CN(C#N)CC. The molecule has 0 aliphatic rings. The van der Waals surface area contributed by atoms with Crippen molar-refractivity contribution in [3.05, 3.63) is 24.3 Å². The molecule has 0 aliphatic heterocycles. The predicted octanol–water partition coefficient (Wildman–Crippen LogP) is 2.31. The van der Waals surface area contributed by atoms with Gasteiger partial charge >= 0.3 is 0 Å². The topological polar surface area (TPSA) is 27.0 Å². The second kappa shape index (κ2) is 6.48. The number of hydrogen-bond acceptors (Lipinski definition) is 2. The second-order valence-electron chi connectivity index (χ2n) is 2.51. The first-order valence-corrected chi connectivity index (χ1v) is 4.24. The molecule has 0 fully saturated rings. The van der Waals surface area contributed by atoms with E-state index < -0.39 is 0 Å². The van der Waals surface area contributed by atoms with E-state index in [2.05, 4.69) is 25.8 Å². The maximum absolute atomic E-state index is 8.65. The summed E-state index contributed by atoms with van der Waals surface area (Å²) in [7, 11) is 0. The van der Waals surface area contributed by atoms with Gasteiger partial charge in [-0.3, -0.25) is 0 Å². The lowest BCUT2D eigenvalue weighted by Gasteiger charge is -2.12. The molecule has 0 atom stereocenters. The molecule has 0 spiro atoms. The number of rotatable bonds is 5.